The molecule has 21 heavy (non-hydrogen) atoms. The minimum absolute atomic E-state index is 0.00923. The van der Waals surface area contributed by atoms with Gasteiger partial charge in [0.1, 0.15) is 5.75 Å². The van der Waals surface area contributed by atoms with Gasteiger partial charge in [-0.2, -0.15) is 0 Å². The standard InChI is InChI=1S/C15H22ClNO3S/c1-3-20-15-10-12(8-9-13(15)16)21(18,19)17-14-7-5-4-6-11(14)2/h8-11,14,17H,3-7H2,1-2H3. The Morgan fingerprint density at radius 1 is 1.33 bits per heavy atom. The largest absolute Gasteiger partial charge is 0.492 e. The Morgan fingerprint density at radius 3 is 2.71 bits per heavy atom. The maximum absolute atomic E-state index is 12.5. The fourth-order valence-corrected chi connectivity index (χ4v) is 4.24. The summed E-state index contributed by atoms with van der Waals surface area (Å²) in [6.07, 6.45) is 4.21. The molecule has 118 valence electrons. The highest BCUT2D eigenvalue weighted by Crippen LogP contribution is 2.29. The van der Waals surface area contributed by atoms with Crippen LogP contribution in [0.25, 0.3) is 0 Å². The summed E-state index contributed by atoms with van der Waals surface area (Å²) in [7, 11) is -3.54. The predicted molar refractivity (Wildman–Crippen MR) is 84.4 cm³/mol. The monoisotopic (exact) mass is 331 g/mol. The third kappa shape index (κ3) is 4.11. The van der Waals surface area contributed by atoms with E-state index in [2.05, 4.69) is 11.6 Å². The third-order valence-corrected chi connectivity index (χ3v) is 5.73. The van der Waals surface area contributed by atoms with Gasteiger partial charge in [0.15, 0.2) is 0 Å². The lowest BCUT2D eigenvalue weighted by Crippen LogP contribution is -2.40. The number of hydrogen-bond acceptors (Lipinski definition) is 3. The summed E-state index contributed by atoms with van der Waals surface area (Å²) in [5.74, 6) is 0.769. The van der Waals surface area contributed by atoms with Crippen LogP contribution in [0.1, 0.15) is 39.5 Å². The van der Waals surface area contributed by atoms with Crippen molar-refractivity contribution in [3.8, 4) is 5.75 Å². The van der Waals surface area contributed by atoms with Crippen LogP contribution < -0.4 is 9.46 Å². The molecule has 0 bridgehead atoms. The van der Waals surface area contributed by atoms with Crippen LogP contribution in [0.2, 0.25) is 5.02 Å². The molecule has 4 nitrogen and oxygen atoms in total. The molecule has 1 N–H and O–H groups in total. The second kappa shape index (κ2) is 6.99. The summed E-state index contributed by atoms with van der Waals surface area (Å²) >= 11 is 6.00. The Bertz CT molecular complexity index is 589. The van der Waals surface area contributed by atoms with Gasteiger partial charge in [0.2, 0.25) is 10.0 Å². The van der Waals surface area contributed by atoms with Gasteiger partial charge in [0, 0.05) is 12.1 Å². The Kier molecular flexibility index (Phi) is 5.52. The number of benzene rings is 1. The lowest BCUT2D eigenvalue weighted by molar-refractivity contribution is 0.310. The second-order valence-corrected chi connectivity index (χ2v) is 7.64. The summed E-state index contributed by atoms with van der Waals surface area (Å²) in [6.45, 7) is 4.37. The smallest absolute Gasteiger partial charge is 0.240 e. The Labute approximate surface area is 131 Å². The van der Waals surface area contributed by atoms with Crippen molar-refractivity contribution in [3.05, 3.63) is 23.2 Å². The molecule has 1 aromatic rings. The van der Waals surface area contributed by atoms with Gasteiger partial charge in [0.25, 0.3) is 0 Å². The summed E-state index contributed by atoms with van der Waals surface area (Å²) < 4.78 is 33.2. The zero-order valence-corrected chi connectivity index (χ0v) is 14.0. The van der Waals surface area contributed by atoms with Crippen molar-refractivity contribution in [2.75, 3.05) is 6.61 Å². The molecule has 0 amide bonds. The van der Waals surface area contributed by atoms with E-state index in [0.29, 0.717) is 23.3 Å². The van der Waals surface area contributed by atoms with Crippen LogP contribution in [0, 0.1) is 5.92 Å². The van der Waals surface area contributed by atoms with Crippen molar-refractivity contribution >= 4 is 21.6 Å². The minimum Gasteiger partial charge on any atom is -0.492 e. The highest BCUT2D eigenvalue weighted by Gasteiger charge is 2.27. The number of rotatable bonds is 5. The van der Waals surface area contributed by atoms with Gasteiger partial charge < -0.3 is 4.74 Å². The normalized spacial score (nSPS) is 23.0. The molecule has 1 aliphatic carbocycles. The van der Waals surface area contributed by atoms with Crippen LogP contribution in [-0.4, -0.2) is 21.1 Å². The van der Waals surface area contributed by atoms with E-state index in [1.54, 1.807) is 6.07 Å². The fraction of sp³-hybridized carbons (Fsp3) is 0.600. The fourth-order valence-electron chi connectivity index (χ4n) is 2.68. The van der Waals surface area contributed by atoms with Gasteiger partial charge in [-0.15, -0.1) is 0 Å². The summed E-state index contributed by atoms with van der Waals surface area (Å²) in [4.78, 5) is 0.202. The number of halogens is 1. The molecule has 2 atom stereocenters. The molecule has 0 aromatic heterocycles. The lowest BCUT2D eigenvalue weighted by Gasteiger charge is -2.29. The van der Waals surface area contributed by atoms with Crippen molar-refractivity contribution < 1.29 is 13.2 Å². The van der Waals surface area contributed by atoms with Crippen LogP contribution in [0.15, 0.2) is 23.1 Å². The predicted octanol–water partition coefficient (Wildman–Crippen LogP) is 3.60. The quantitative estimate of drug-likeness (QED) is 0.897. The second-order valence-electron chi connectivity index (χ2n) is 5.51. The zero-order chi connectivity index (χ0) is 15.5. The van der Waals surface area contributed by atoms with E-state index in [4.69, 9.17) is 16.3 Å². The van der Waals surface area contributed by atoms with Gasteiger partial charge in [-0.05, 0) is 37.8 Å². The summed E-state index contributed by atoms with van der Waals surface area (Å²) in [5, 5.41) is 0.418. The summed E-state index contributed by atoms with van der Waals surface area (Å²) in [5.41, 5.74) is 0. The molecule has 1 saturated carbocycles. The van der Waals surface area contributed by atoms with E-state index in [-0.39, 0.29) is 10.9 Å². The van der Waals surface area contributed by atoms with Crippen molar-refractivity contribution in [2.24, 2.45) is 5.92 Å². The average molecular weight is 332 g/mol. The number of sulfonamides is 1. The Hall–Kier alpha value is -0.780. The van der Waals surface area contributed by atoms with Crippen LogP contribution >= 0.6 is 11.6 Å². The zero-order valence-electron chi connectivity index (χ0n) is 12.4. The SMILES string of the molecule is CCOc1cc(S(=O)(=O)NC2CCCCC2C)ccc1Cl. The first-order chi connectivity index (χ1) is 9.94. The van der Waals surface area contributed by atoms with E-state index < -0.39 is 10.0 Å². The lowest BCUT2D eigenvalue weighted by atomic mass is 9.87. The summed E-state index contributed by atoms with van der Waals surface area (Å²) in [6, 6.07) is 4.57. The van der Waals surface area contributed by atoms with E-state index >= 15 is 0 Å². The van der Waals surface area contributed by atoms with Gasteiger partial charge in [-0.3, -0.25) is 0 Å². The topological polar surface area (TPSA) is 55.4 Å². The molecule has 0 heterocycles. The number of nitrogens with one attached hydrogen (secondary N) is 1. The van der Waals surface area contributed by atoms with Crippen LogP contribution in [0.3, 0.4) is 0 Å². The molecule has 0 saturated heterocycles. The van der Waals surface area contributed by atoms with Crippen LogP contribution in [0.5, 0.6) is 5.75 Å². The van der Waals surface area contributed by atoms with Crippen molar-refractivity contribution in [1.82, 2.24) is 4.72 Å². The number of hydrogen-bond donors (Lipinski definition) is 1. The van der Waals surface area contributed by atoms with E-state index in [9.17, 15) is 8.42 Å². The molecule has 0 radical (unpaired) electrons. The molecule has 1 fully saturated rings. The Balaban J connectivity index is 2.20. The van der Waals surface area contributed by atoms with Crippen molar-refractivity contribution in [1.29, 1.82) is 0 Å². The minimum atomic E-state index is -3.54. The van der Waals surface area contributed by atoms with Gasteiger partial charge in [-0.1, -0.05) is 31.4 Å². The molecule has 1 aliphatic rings. The van der Waals surface area contributed by atoms with Gasteiger partial charge in [-0.25, -0.2) is 13.1 Å². The van der Waals surface area contributed by atoms with Crippen LogP contribution in [-0.2, 0) is 10.0 Å². The van der Waals surface area contributed by atoms with E-state index in [0.717, 1.165) is 19.3 Å². The molecule has 6 heteroatoms. The van der Waals surface area contributed by atoms with E-state index in [1.807, 2.05) is 6.92 Å². The van der Waals surface area contributed by atoms with Crippen molar-refractivity contribution in [2.45, 2.75) is 50.5 Å². The highest BCUT2D eigenvalue weighted by molar-refractivity contribution is 7.89. The van der Waals surface area contributed by atoms with Crippen LogP contribution in [0.4, 0.5) is 0 Å². The van der Waals surface area contributed by atoms with Gasteiger partial charge >= 0.3 is 0 Å². The van der Waals surface area contributed by atoms with E-state index in [1.165, 1.54) is 18.6 Å². The molecule has 0 spiro atoms. The first-order valence-corrected chi connectivity index (χ1v) is 9.25. The first-order valence-electron chi connectivity index (χ1n) is 7.38. The maximum atomic E-state index is 12.5. The first kappa shape index (κ1) is 16.6. The molecule has 1 aromatic carbocycles. The molecule has 2 rings (SSSR count). The molecule has 2 unspecified atom stereocenters. The van der Waals surface area contributed by atoms with Crippen molar-refractivity contribution in [3.63, 3.8) is 0 Å². The average Bonchev–Trinajstić information content (AvgIpc) is 2.44. The van der Waals surface area contributed by atoms with Gasteiger partial charge in [0.05, 0.1) is 16.5 Å². The third-order valence-electron chi connectivity index (χ3n) is 3.93. The number of ether oxygens (including phenoxy) is 1. The molecular formula is C15H22ClNO3S. The molecular weight excluding hydrogens is 310 g/mol. The Morgan fingerprint density at radius 2 is 2.05 bits per heavy atom. The maximum Gasteiger partial charge on any atom is 0.240 e. The highest BCUT2D eigenvalue weighted by atomic mass is 35.5. The molecule has 0 aliphatic heterocycles.